The van der Waals surface area contributed by atoms with E-state index < -0.39 is 0 Å². The van der Waals surface area contributed by atoms with E-state index in [0.29, 0.717) is 0 Å². The molecule has 2 heterocycles. The average molecular weight is 249 g/mol. The second kappa shape index (κ2) is 3.50. The molecule has 0 aliphatic rings. The Morgan fingerprint density at radius 3 is 3.12 bits per heavy atom. The monoisotopic (exact) mass is 249 g/mol. The van der Waals surface area contributed by atoms with Crippen LogP contribution in [0.5, 0.6) is 0 Å². The van der Waals surface area contributed by atoms with Crippen LogP contribution in [0.1, 0.15) is 6.92 Å². The van der Waals surface area contributed by atoms with Gasteiger partial charge in [-0.05, 0) is 29.7 Å². The van der Waals surface area contributed by atoms with Crippen LogP contribution in [-0.4, -0.2) is 15.5 Å². The van der Waals surface area contributed by atoms with Crippen molar-refractivity contribution in [3.8, 4) is 0 Å². The molecule has 0 bridgehead atoms. The molecule has 80 valence electrons. The molecule has 3 rings (SSSR count). The minimum atomic E-state index is -0.0674. The summed E-state index contributed by atoms with van der Waals surface area (Å²) >= 11 is 3.08. The lowest BCUT2D eigenvalue weighted by Crippen LogP contribution is -2.05. The Labute approximate surface area is 99.1 Å². The highest BCUT2D eigenvalue weighted by Crippen LogP contribution is 2.35. The lowest BCUT2D eigenvalue weighted by atomic mass is 10.2. The van der Waals surface area contributed by atoms with E-state index in [1.165, 1.54) is 23.2 Å². The molecule has 0 saturated heterocycles. The summed E-state index contributed by atoms with van der Waals surface area (Å²) in [5.74, 6) is -0.0674. The molecule has 0 aliphatic heterocycles. The van der Waals surface area contributed by atoms with Crippen LogP contribution in [0.2, 0.25) is 0 Å². The summed E-state index contributed by atoms with van der Waals surface area (Å²) in [6.45, 7) is 1.50. The van der Waals surface area contributed by atoms with E-state index >= 15 is 0 Å². The molecule has 0 radical (unpaired) electrons. The number of benzene rings is 1. The largest absolute Gasteiger partial charge is 0.326 e. The molecule has 1 aromatic carbocycles. The normalized spacial score (nSPS) is 11.1. The van der Waals surface area contributed by atoms with Gasteiger partial charge in [0.15, 0.2) is 0 Å². The van der Waals surface area contributed by atoms with E-state index in [-0.39, 0.29) is 5.91 Å². The summed E-state index contributed by atoms with van der Waals surface area (Å²) in [5, 5.41) is 7.91. The summed E-state index contributed by atoms with van der Waals surface area (Å²) < 4.78 is 6.21. The van der Waals surface area contributed by atoms with Crippen molar-refractivity contribution in [1.29, 1.82) is 0 Å². The molecule has 0 atom stereocenters. The highest BCUT2D eigenvalue weighted by Gasteiger charge is 2.09. The van der Waals surface area contributed by atoms with Crippen molar-refractivity contribution >= 4 is 54.1 Å². The van der Waals surface area contributed by atoms with Gasteiger partial charge in [0.05, 0.1) is 0 Å². The molecule has 16 heavy (non-hydrogen) atoms. The van der Waals surface area contributed by atoms with Crippen LogP contribution in [0.4, 0.5) is 5.69 Å². The van der Waals surface area contributed by atoms with Gasteiger partial charge in [0.2, 0.25) is 5.91 Å². The van der Waals surface area contributed by atoms with Crippen LogP contribution in [0, 0.1) is 0 Å². The fourth-order valence-corrected chi connectivity index (χ4v) is 3.40. The quantitative estimate of drug-likeness (QED) is 0.721. The first-order valence-corrected chi connectivity index (χ1v) is 6.25. The third kappa shape index (κ3) is 1.46. The van der Waals surface area contributed by atoms with Gasteiger partial charge in [-0.3, -0.25) is 4.79 Å². The zero-order valence-electron chi connectivity index (χ0n) is 8.35. The molecule has 0 unspecified atom stereocenters. The number of nitrogens with one attached hydrogen (secondary N) is 1. The third-order valence-corrected chi connectivity index (χ3v) is 4.17. The molecule has 6 heteroatoms. The summed E-state index contributed by atoms with van der Waals surface area (Å²) in [5.41, 5.74) is 1.73. The van der Waals surface area contributed by atoms with Gasteiger partial charge < -0.3 is 5.32 Å². The molecule has 0 saturated carbocycles. The van der Waals surface area contributed by atoms with E-state index in [4.69, 9.17) is 0 Å². The van der Waals surface area contributed by atoms with Gasteiger partial charge in [-0.25, -0.2) is 0 Å². The standard InChI is InChI=1S/C10H7N3OS2/c1-5(14)11-6-2-3-8-7(4-6)9-10(15-8)16-13-12-9/h2-4H,1H3,(H,11,14). The maximum absolute atomic E-state index is 11.0. The predicted octanol–water partition coefficient (Wildman–Crippen LogP) is 2.86. The number of rotatable bonds is 1. The summed E-state index contributed by atoms with van der Waals surface area (Å²) in [6, 6.07) is 5.84. The number of nitrogens with zero attached hydrogens (tertiary/aromatic N) is 2. The van der Waals surface area contributed by atoms with Crippen molar-refractivity contribution < 1.29 is 4.79 Å². The fourth-order valence-electron chi connectivity index (χ4n) is 1.60. The average Bonchev–Trinajstić information content (AvgIpc) is 2.77. The smallest absolute Gasteiger partial charge is 0.221 e. The minimum Gasteiger partial charge on any atom is -0.326 e. The van der Waals surface area contributed by atoms with Gasteiger partial charge in [0.25, 0.3) is 0 Å². The summed E-state index contributed by atoms with van der Waals surface area (Å²) in [4.78, 5) is 11.0. The lowest BCUT2D eigenvalue weighted by Gasteiger charge is -2.00. The highest BCUT2D eigenvalue weighted by molar-refractivity contribution is 7.39. The maximum atomic E-state index is 11.0. The second-order valence-electron chi connectivity index (χ2n) is 3.40. The number of aromatic nitrogens is 2. The van der Waals surface area contributed by atoms with Crippen LogP contribution >= 0.6 is 22.9 Å². The molecule has 2 aromatic heterocycles. The number of fused-ring (bicyclic) bond motifs is 3. The molecule has 3 aromatic rings. The van der Waals surface area contributed by atoms with Crippen molar-refractivity contribution in [2.75, 3.05) is 5.32 Å². The van der Waals surface area contributed by atoms with Crippen LogP contribution in [0.15, 0.2) is 18.2 Å². The fraction of sp³-hybridized carbons (Fsp3) is 0.100. The highest BCUT2D eigenvalue weighted by atomic mass is 32.2. The Balaban J connectivity index is 2.24. The maximum Gasteiger partial charge on any atom is 0.221 e. The summed E-state index contributed by atoms with van der Waals surface area (Å²) in [7, 11) is 0. The Kier molecular flexibility index (Phi) is 2.12. The van der Waals surface area contributed by atoms with Crippen molar-refractivity contribution in [2.24, 2.45) is 0 Å². The van der Waals surface area contributed by atoms with E-state index in [9.17, 15) is 4.79 Å². The Hall–Kier alpha value is -1.53. The second-order valence-corrected chi connectivity index (χ2v) is 5.47. The number of anilines is 1. The van der Waals surface area contributed by atoms with Crippen LogP contribution in [0.25, 0.3) is 19.6 Å². The van der Waals surface area contributed by atoms with Gasteiger partial charge >= 0.3 is 0 Å². The summed E-state index contributed by atoms with van der Waals surface area (Å²) in [6.07, 6.45) is 0. The van der Waals surface area contributed by atoms with Crippen molar-refractivity contribution in [1.82, 2.24) is 9.59 Å². The first-order chi connectivity index (χ1) is 7.74. The van der Waals surface area contributed by atoms with Crippen LogP contribution in [0.3, 0.4) is 0 Å². The van der Waals surface area contributed by atoms with E-state index in [1.807, 2.05) is 18.2 Å². The van der Waals surface area contributed by atoms with E-state index in [1.54, 1.807) is 11.3 Å². The predicted molar refractivity (Wildman–Crippen MR) is 67.1 cm³/mol. The van der Waals surface area contributed by atoms with Crippen LogP contribution < -0.4 is 5.32 Å². The number of amides is 1. The van der Waals surface area contributed by atoms with Gasteiger partial charge in [-0.15, -0.1) is 16.4 Å². The first-order valence-electron chi connectivity index (χ1n) is 4.66. The Bertz CT molecular complexity index is 686. The molecular weight excluding hydrogens is 242 g/mol. The first kappa shape index (κ1) is 9.68. The van der Waals surface area contributed by atoms with Gasteiger partial charge in [-0.2, -0.15) is 0 Å². The zero-order chi connectivity index (χ0) is 11.1. The molecule has 0 aliphatic carbocycles. The minimum absolute atomic E-state index is 0.0674. The number of hydrogen-bond donors (Lipinski definition) is 1. The molecular formula is C10H7N3OS2. The molecule has 4 nitrogen and oxygen atoms in total. The zero-order valence-corrected chi connectivity index (χ0v) is 9.98. The van der Waals surface area contributed by atoms with E-state index in [2.05, 4.69) is 14.9 Å². The third-order valence-electron chi connectivity index (χ3n) is 2.22. The van der Waals surface area contributed by atoms with Crippen molar-refractivity contribution in [3.63, 3.8) is 0 Å². The van der Waals surface area contributed by atoms with Crippen molar-refractivity contribution in [2.45, 2.75) is 6.92 Å². The SMILES string of the molecule is CC(=O)Nc1ccc2sc3snnc3c2c1. The van der Waals surface area contributed by atoms with Crippen molar-refractivity contribution in [3.05, 3.63) is 18.2 Å². The number of carbonyl (C=O) groups is 1. The van der Waals surface area contributed by atoms with Gasteiger partial charge in [0, 0.05) is 22.7 Å². The number of thiophene rings is 1. The van der Waals surface area contributed by atoms with E-state index in [0.717, 1.165) is 20.6 Å². The molecule has 1 amide bonds. The number of hydrogen-bond acceptors (Lipinski definition) is 5. The van der Waals surface area contributed by atoms with Crippen LogP contribution in [-0.2, 0) is 4.79 Å². The molecule has 0 spiro atoms. The number of carbonyl (C=O) groups excluding carboxylic acids is 1. The lowest BCUT2D eigenvalue weighted by molar-refractivity contribution is -0.114. The molecule has 1 N–H and O–H groups in total. The topological polar surface area (TPSA) is 54.9 Å². The Morgan fingerprint density at radius 1 is 1.44 bits per heavy atom. The van der Waals surface area contributed by atoms with Gasteiger partial charge in [0.1, 0.15) is 9.53 Å². The molecule has 0 fully saturated rings. The van der Waals surface area contributed by atoms with Gasteiger partial charge in [-0.1, -0.05) is 4.49 Å². The Morgan fingerprint density at radius 2 is 2.31 bits per heavy atom.